The number of ether oxygens (including phenoxy) is 1. The molecule has 1 aromatic carbocycles. The van der Waals surface area contributed by atoms with Crippen molar-refractivity contribution in [2.75, 3.05) is 12.8 Å². The predicted molar refractivity (Wildman–Crippen MR) is 80.5 cm³/mol. The molecule has 0 bridgehead atoms. The van der Waals surface area contributed by atoms with Gasteiger partial charge < -0.3 is 10.5 Å². The zero-order chi connectivity index (χ0) is 14.8. The quantitative estimate of drug-likeness (QED) is 0.829. The molecular formula is C13H16N2O3S2. The fourth-order valence-corrected chi connectivity index (χ4v) is 3.57. The second kappa shape index (κ2) is 5.82. The predicted octanol–water partition coefficient (Wildman–Crippen LogP) is 2.13. The number of thiophene rings is 1. The second-order valence-corrected chi connectivity index (χ2v) is 6.83. The van der Waals surface area contributed by atoms with Crippen LogP contribution in [0.5, 0.6) is 5.75 Å². The Labute approximate surface area is 122 Å². The van der Waals surface area contributed by atoms with Crippen LogP contribution in [0.15, 0.2) is 33.9 Å². The molecule has 0 unspecified atom stereocenters. The maximum atomic E-state index is 12.3. The van der Waals surface area contributed by atoms with Crippen LogP contribution in [0.1, 0.15) is 11.1 Å². The summed E-state index contributed by atoms with van der Waals surface area (Å²) in [6, 6.07) is 4.91. The summed E-state index contributed by atoms with van der Waals surface area (Å²) in [5.74, 6) is 0.287. The molecule has 3 N–H and O–H groups in total. The molecule has 108 valence electrons. The Bertz CT molecular complexity index is 695. The fraction of sp³-hybridized carbons (Fsp3) is 0.231. The van der Waals surface area contributed by atoms with Crippen LogP contribution in [0.4, 0.5) is 5.69 Å². The number of nitrogen functional groups attached to an aromatic ring is 1. The van der Waals surface area contributed by atoms with Gasteiger partial charge in [-0.05, 0) is 47.0 Å². The number of aryl methyl sites for hydroxylation is 1. The van der Waals surface area contributed by atoms with E-state index < -0.39 is 10.0 Å². The maximum Gasteiger partial charge on any atom is 0.244 e. The molecular weight excluding hydrogens is 296 g/mol. The zero-order valence-corrected chi connectivity index (χ0v) is 12.8. The molecule has 0 saturated heterocycles. The van der Waals surface area contributed by atoms with Crippen LogP contribution in [0.3, 0.4) is 0 Å². The molecule has 0 amide bonds. The molecule has 1 aromatic heterocycles. The van der Waals surface area contributed by atoms with Gasteiger partial charge in [-0.2, -0.15) is 11.3 Å². The molecule has 1 heterocycles. The Balaban J connectivity index is 2.31. The second-order valence-electron chi connectivity index (χ2n) is 4.32. The number of nitrogens with one attached hydrogen (secondary N) is 1. The number of sulfonamides is 1. The zero-order valence-electron chi connectivity index (χ0n) is 11.2. The third-order valence-electron chi connectivity index (χ3n) is 2.89. The van der Waals surface area contributed by atoms with Crippen LogP contribution in [0, 0.1) is 6.92 Å². The molecule has 2 rings (SSSR count). The lowest BCUT2D eigenvalue weighted by atomic mass is 10.2. The summed E-state index contributed by atoms with van der Waals surface area (Å²) in [5, 5.41) is 3.79. The van der Waals surface area contributed by atoms with E-state index in [0.717, 1.165) is 11.1 Å². The number of hydrogen-bond acceptors (Lipinski definition) is 5. The molecule has 7 heteroatoms. The monoisotopic (exact) mass is 312 g/mol. The van der Waals surface area contributed by atoms with Crippen LogP contribution in [0.2, 0.25) is 0 Å². The summed E-state index contributed by atoms with van der Waals surface area (Å²) in [6.45, 7) is 2.04. The van der Waals surface area contributed by atoms with E-state index in [1.54, 1.807) is 13.0 Å². The lowest BCUT2D eigenvalue weighted by Crippen LogP contribution is -2.23. The van der Waals surface area contributed by atoms with Crippen molar-refractivity contribution in [1.29, 1.82) is 0 Å². The highest BCUT2D eigenvalue weighted by molar-refractivity contribution is 7.89. The fourth-order valence-electron chi connectivity index (χ4n) is 1.70. The van der Waals surface area contributed by atoms with Crippen molar-refractivity contribution in [1.82, 2.24) is 4.72 Å². The molecule has 0 atom stereocenters. The van der Waals surface area contributed by atoms with E-state index in [2.05, 4.69) is 4.72 Å². The highest BCUT2D eigenvalue weighted by Crippen LogP contribution is 2.28. The molecule has 0 saturated carbocycles. The molecule has 0 aliphatic heterocycles. The third kappa shape index (κ3) is 3.12. The van der Waals surface area contributed by atoms with Crippen molar-refractivity contribution in [2.45, 2.75) is 18.4 Å². The van der Waals surface area contributed by atoms with Gasteiger partial charge in [0.15, 0.2) is 0 Å². The standard InChI is InChI=1S/C13H16N2O3S2/c1-9-5-12(18-2)13(6-11(9)14)20(16,17)15-7-10-3-4-19-8-10/h3-6,8,15H,7,14H2,1-2H3. The Hall–Kier alpha value is -1.57. The summed E-state index contributed by atoms with van der Waals surface area (Å²) in [4.78, 5) is 0.0540. The van der Waals surface area contributed by atoms with Gasteiger partial charge in [0.25, 0.3) is 0 Å². The summed E-state index contributed by atoms with van der Waals surface area (Å²) >= 11 is 1.52. The molecule has 2 aromatic rings. The van der Waals surface area contributed by atoms with Gasteiger partial charge in [0, 0.05) is 12.2 Å². The summed E-state index contributed by atoms with van der Waals surface area (Å²) in [6.07, 6.45) is 0. The first-order valence-corrected chi connectivity index (χ1v) is 8.31. The van der Waals surface area contributed by atoms with Gasteiger partial charge in [0.1, 0.15) is 10.6 Å². The first-order valence-electron chi connectivity index (χ1n) is 5.89. The van der Waals surface area contributed by atoms with E-state index in [-0.39, 0.29) is 17.2 Å². The van der Waals surface area contributed by atoms with E-state index >= 15 is 0 Å². The van der Waals surface area contributed by atoms with Crippen molar-refractivity contribution in [3.8, 4) is 5.75 Å². The van der Waals surface area contributed by atoms with E-state index in [9.17, 15) is 8.42 Å². The topological polar surface area (TPSA) is 81.4 Å². The van der Waals surface area contributed by atoms with Gasteiger partial charge in [-0.3, -0.25) is 0 Å². The number of rotatable bonds is 5. The molecule has 0 aliphatic rings. The minimum absolute atomic E-state index is 0.0540. The van der Waals surface area contributed by atoms with Crippen molar-refractivity contribution in [2.24, 2.45) is 0 Å². The lowest BCUT2D eigenvalue weighted by molar-refractivity contribution is 0.402. The average molecular weight is 312 g/mol. The van der Waals surface area contributed by atoms with Gasteiger partial charge in [-0.15, -0.1) is 0 Å². The summed E-state index contributed by atoms with van der Waals surface area (Å²) < 4.78 is 32.3. The van der Waals surface area contributed by atoms with E-state index in [1.807, 2.05) is 16.8 Å². The Morgan fingerprint density at radius 1 is 1.40 bits per heavy atom. The minimum Gasteiger partial charge on any atom is -0.495 e. The Morgan fingerprint density at radius 3 is 2.75 bits per heavy atom. The molecule has 20 heavy (non-hydrogen) atoms. The third-order valence-corrected chi connectivity index (χ3v) is 5.04. The van der Waals surface area contributed by atoms with Crippen molar-refractivity contribution < 1.29 is 13.2 Å². The van der Waals surface area contributed by atoms with E-state index in [0.29, 0.717) is 5.69 Å². The highest BCUT2D eigenvalue weighted by atomic mass is 32.2. The van der Waals surface area contributed by atoms with Gasteiger partial charge in [-0.25, -0.2) is 13.1 Å². The molecule has 5 nitrogen and oxygen atoms in total. The molecule has 0 radical (unpaired) electrons. The average Bonchev–Trinajstić information content (AvgIpc) is 2.92. The van der Waals surface area contributed by atoms with Crippen LogP contribution < -0.4 is 15.2 Å². The normalized spacial score (nSPS) is 11.5. The lowest BCUT2D eigenvalue weighted by Gasteiger charge is -2.12. The van der Waals surface area contributed by atoms with E-state index in [1.165, 1.54) is 24.5 Å². The van der Waals surface area contributed by atoms with Gasteiger partial charge >= 0.3 is 0 Å². The summed E-state index contributed by atoms with van der Waals surface area (Å²) in [5.41, 5.74) is 7.89. The van der Waals surface area contributed by atoms with Crippen molar-refractivity contribution in [3.05, 3.63) is 40.1 Å². The smallest absolute Gasteiger partial charge is 0.244 e. The maximum absolute atomic E-state index is 12.3. The number of hydrogen-bond donors (Lipinski definition) is 2. The molecule has 0 aliphatic carbocycles. The van der Waals surface area contributed by atoms with Crippen LogP contribution in [0.25, 0.3) is 0 Å². The van der Waals surface area contributed by atoms with Crippen molar-refractivity contribution in [3.63, 3.8) is 0 Å². The highest BCUT2D eigenvalue weighted by Gasteiger charge is 2.20. The van der Waals surface area contributed by atoms with Crippen LogP contribution in [-0.4, -0.2) is 15.5 Å². The summed E-state index contributed by atoms with van der Waals surface area (Å²) in [7, 11) is -2.24. The Kier molecular flexibility index (Phi) is 4.32. The first kappa shape index (κ1) is 14.8. The molecule has 0 fully saturated rings. The number of methoxy groups -OCH3 is 1. The van der Waals surface area contributed by atoms with Gasteiger partial charge in [0.05, 0.1) is 7.11 Å². The first-order chi connectivity index (χ1) is 9.44. The Morgan fingerprint density at radius 2 is 2.15 bits per heavy atom. The number of anilines is 1. The minimum atomic E-state index is -3.67. The van der Waals surface area contributed by atoms with Gasteiger partial charge in [-0.1, -0.05) is 0 Å². The van der Waals surface area contributed by atoms with Gasteiger partial charge in [0.2, 0.25) is 10.0 Å². The van der Waals surface area contributed by atoms with Crippen molar-refractivity contribution >= 4 is 27.0 Å². The SMILES string of the molecule is COc1cc(C)c(N)cc1S(=O)(=O)NCc1ccsc1. The molecule has 0 spiro atoms. The van der Waals surface area contributed by atoms with Crippen LogP contribution >= 0.6 is 11.3 Å². The number of nitrogens with two attached hydrogens (primary N) is 1. The largest absolute Gasteiger partial charge is 0.495 e. The number of benzene rings is 1. The van der Waals surface area contributed by atoms with Crippen LogP contribution in [-0.2, 0) is 16.6 Å². The van der Waals surface area contributed by atoms with E-state index in [4.69, 9.17) is 10.5 Å².